The second-order valence-corrected chi connectivity index (χ2v) is 8.41. The van der Waals surface area contributed by atoms with Gasteiger partial charge in [0, 0.05) is 4.47 Å². The summed E-state index contributed by atoms with van der Waals surface area (Å²) in [6.45, 7) is 0. The van der Waals surface area contributed by atoms with Crippen LogP contribution in [0.3, 0.4) is 0 Å². The van der Waals surface area contributed by atoms with Gasteiger partial charge in [-0.25, -0.2) is 9.96 Å². The molecule has 2 fully saturated rings. The standard InChI is InChI=1S/C24H19BrN2O5/c1-31-19-13-14(11-12-18(19)28)21-20-22(32-27(21)15-7-3-2-4-8-15)24(30)26(23(20)29)17-10-6-5-9-16(17)25/h2-13,20-22,28H,1H3/t20-,21+,22+/m1/s1. The fraction of sp³-hybridized carbons (Fsp3) is 0.167. The Kier molecular flexibility index (Phi) is 5.11. The number of imide groups is 1. The summed E-state index contributed by atoms with van der Waals surface area (Å²) in [6, 6.07) is 20.7. The Hall–Kier alpha value is -3.36. The van der Waals surface area contributed by atoms with E-state index in [1.165, 1.54) is 18.1 Å². The molecule has 162 valence electrons. The Morgan fingerprint density at radius 2 is 1.69 bits per heavy atom. The number of para-hydroxylation sites is 2. The number of phenolic OH excluding ortho intramolecular Hbond substituents is 1. The van der Waals surface area contributed by atoms with Crippen molar-refractivity contribution in [1.29, 1.82) is 0 Å². The lowest BCUT2D eigenvalue weighted by molar-refractivity contribution is -0.126. The van der Waals surface area contributed by atoms with Crippen molar-refractivity contribution in [2.45, 2.75) is 12.1 Å². The maximum Gasteiger partial charge on any atom is 0.266 e. The van der Waals surface area contributed by atoms with Crippen molar-refractivity contribution in [3.8, 4) is 11.5 Å². The number of carbonyl (C=O) groups excluding carboxylic acids is 2. The van der Waals surface area contributed by atoms with Gasteiger partial charge in [0.05, 0.1) is 24.5 Å². The van der Waals surface area contributed by atoms with Crippen LogP contribution in [-0.4, -0.2) is 30.1 Å². The van der Waals surface area contributed by atoms with Crippen LogP contribution < -0.4 is 14.7 Å². The normalized spacial score (nSPS) is 22.4. The monoisotopic (exact) mass is 494 g/mol. The second-order valence-electron chi connectivity index (χ2n) is 7.55. The number of hydroxylamine groups is 1. The second kappa shape index (κ2) is 7.96. The Bertz CT molecular complexity index is 1200. The van der Waals surface area contributed by atoms with Crippen molar-refractivity contribution in [3.63, 3.8) is 0 Å². The Labute approximate surface area is 192 Å². The van der Waals surface area contributed by atoms with Gasteiger partial charge in [0.1, 0.15) is 5.92 Å². The molecule has 2 amide bonds. The zero-order valence-corrected chi connectivity index (χ0v) is 18.6. The highest BCUT2D eigenvalue weighted by Crippen LogP contribution is 2.49. The van der Waals surface area contributed by atoms with Crippen LogP contribution in [0.5, 0.6) is 11.5 Å². The highest BCUT2D eigenvalue weighted by molar-refractivity contribution is 9.10. The van der Waals surface area contributed by atoms with E-state index in [-0.39, 0.29) is 17.4 Å². The zero-order chi connectivity index (χ0) is 22.4. The van der Waals surface area contributed by atoms with Crippen molar-refractivity contribution in [3.05, 3.63) is 82.8 Å². The predicted octanol–water partition coefficient (Wildman–Crippen LogP) is 4.21. The number of ether oxygens (including phenoxy) is 1. The summed E-state index contributed by atoms with van der Waals surface area (Å²) in [7, 11) is 1.46. The molecule has 0 bridgehead atoms. The highest BCUT2D eigenvalue weighted by atomic mass is 79.9. The van der Waals surface area contributed by atoms with Gasteiger partial charge in [0.25, 0.3) is 5.91 Å². The summed E-state index contributed by atoms with van der Waals surface area (Å²) < 4.78 is 5.92. The third-order valence-corrected chi connectivity index (χ3v) is 6.44. The van der Waals surface area contributed by atoms with Crippen molar-refractivity contribution in [2.24, 2.45) is 5.92 Å². The quantitative estimate of drug-likeness (QED) is 0.547. The minimum absolute atomic E-state index is 0.0124. The number of halogens is 1. The molecule has 5 rings (SSSR count). The molecular weight excluding hydrogens is 476 g/mol. The number of fused-ring (bicyclic) bond motifs is 1. The summed E-state index contributed by atoms with van der Waals surface area (Å²) in [4.78, 5) is 34.3. The average molecular weight is 495 g/mol. The number of hydrogen-bond acceptors (Lipinski definition) is 6. The topological polar surface area (TPSA) is 79.3 Å². The van der Waals surface area contributed by atoms with Crippen LogP contribution in [0.2, 0.25) is 0 Å². The molecule has 7 nitrogen and oxygen atoms in total. The molecule has 0 aliphatic carbocycles. The van der Waals surface area contributed by atoms with Crippen LogP contribution in [0.4, 0.5) is 11.4 Å². The van der Waals surface area contributed by atoms with Gasteiger partial charge in [-0.1, -0.05) is 36.4 Å². The van der Waals surface area contributed by atoms with Gasteiger partial charge >= 0.3 is 0 Å². The number of methoxy groups -OCH3 is 1. The fourth-order valence-electron chi connectivity index (χ4n) is 4.30. The lowest BCUT2D eigenvalue weighted by Gasteiger charge is -2.29. The molecule has 1 N–H and O–H groups in total. The highest BCUT2D eigenvalue weighted by Gasteiger charge is 2.60. The van der Waals surface area contributed by atoms with Crippen molar-refractivity contribution in [1.82, 2.24) is 0 Å². The van der Waals surface area contributed by atoms with E-state index in [0.717, 1.165) is 0 Å². The van der Waals surface area contributed by atoms with E-state index >= 15 is 0 Å². The summed E-state index contributed by atoms with van der Waals surface area (Å²) in [5.41, 5.74) is 1.88. The van der Waals surface area contributed by atoms with Crippen LogP contribution >= 0.6 is 15.9 Å². The summed E-state index contributed by atoms with van der Waals surface area (Å²) in [6.07, 6.45) is -0.973. The molecule has 3 aromatic carbocycles. The molecule has 0 radical (unpaired) electrons. The molecule has 2 aliphatic rings. The molecule has 2 saturated heterocycles. The summed E-state index contributed by atoms with van der Waals surface area (Å²) in [5, 5.41) is 11.7. The van der Waals surface area contributed by atoms with E-state index in [9.17, 15) is 14.7 Å². The minimum Gasteiger partial charge on any atom is -0.504 e. The van der Waals surface area contributed by atoms with E-state index in [0.29, 0.717) is 21.4 Å². The molecule has 3 atom stereocenters. The Morgan fingerprint density at radius 3 is 2.41 bits per heavy atom. The zero-order valence-electron chi connectivity index (χ0n) is 17.0. The van der Waals surface area contributed by atoms with Gasteiger partial charge in [-0.3, -0.25) is 14.4 Å². The SMILES string of the molecule is COc1cc([C@H]2[C@H]3C(=O)N(c4ccccc4Br)C(=O)[C@H]3ON2c2ccccc2)ccc1O. The molecule has 0 saturated carbocycles. The van der Waals surface area contributed by atoms with Crippen LogP contribution in [-0.2, 0) is 14.4 Å². The minimum atomic E-state index is -0.973. The number of anilines is 2. The molecule has 2 aliphatic heterocycles. The number of benzene rings is 3. The van der Waals surface area contributed by atoms with Crippen LogP contribution in [0.25, 0.3) is 0 Å². The number of amides is 2. The van der Waals surface area contributed by atoms with Crippen LogP contribution in [0, 0.1) is 5.92 Å². The third-order valence-electron chi connectivity index (χ3n) is 5.76. The van der Waals surface area contributed by atoms with Crippen molar-refractivity contribution < 1.29 is 24.3 Å². The largest absolute Gasteiger partial charge is 0.504 e. The van der Waals surface area contributed by atoms with E-state index in [1.54, 1.807) is 35.4 Å². The molecule has 0 aromatic heterocycles. The molecule has 0 spiro atoms. The van der Waals surface area contributed by atoms with Crippen LogP contribution in [0.15, 0.2) is 77.3 Å². The van der Waals surface area contributed by atoms with Gasteiger partial charge in [-0.05, 0) is 57.9 Å². The van der Waals surface area contributed by atoms with Gasteiger partial charge in [0.2, 0.25) is 5.91 Å². The number of rotatable bonds is 4. The number of phenols is 1. The van der Waals surface area contributed by atoms with Gasteiger partial charge < -0.3 is 9.84 Å². The number of carbonyl (C=O) groups is 2. The van der Waals surface area contributed by atoms with Crippen molar-refractivity contribution >= 4 is 39.1 Å². The molecule has 0 unspecified atom stereocenters. The van der Waals surface area contributed by atoms with Crippen LogP contribution in [0.1, 0.15) is 11.6 Å². The first-order valence-corrected chi connectivity index (χ1v) is 10.8. The third kappa shape index (κ3) is 3.14. The van der Waals surface area contributed by atoms with E-state index < -0.39 is 24.0 Å². The molecule has 3 aromatic rings. The first-order chi connectivity index (χ1) is 15.5. The van der Waals surface area contributed by atoms with Gasteiger partial charge in [-0.2, -0.15) is 0 Å². The maximum atomic E-state index is 13.6. The molecule has 2 heterocycles. The van der Waals surface area contributed by atoms with Crippen molar-refractivity contribution in [2.75, 3.05) is 17.1 Å². The summed E-state index contributed by atoms with van der Waals surface area (Å²) in [5.74, 6) is -1.27. The van der Waals surface area contributed by atoms with Gasteiger partial charge in [0.15, 0.2) is 17.6 Å². The predicted molar refractivity (Wildman–Crippen MR) is 121 cm³/mol. The molecule has 8 heteroatoms. The Morgan fingerprint density at radius 1 is 0.969 bits per heavy atom. The maximum absolute atomic E-state index is 13.6. The molecule has 32 heavy (non-hydrogen) atoms. The Balaban J connectivity index is 1.62. The fourth-order valence-corrected chi connectivity index (χ4v) is 4.76. The first-order valence-electron chi connectivity index (χ1n) is 10.0. The molecular formula is C24H19BrN2O5. The summed E-state index contributed by atoms with van der Waals surface area (Å²) >= 11 is 3.43. The lowest BCUT2D eigenvalue weighted by Crippen LogP contribution is -2.37. The first kappa shape index (κ1) is 20.5. The van der Waals surface area contributed by atoms with E-state index in [1.807, 2.05) is 36.4 Å². The number of aromatic hydroxyl groups is 1. The van der Waals surface area contributed by atoms with Gasteiger partial charge in [-0.15, -0.1) is 0 Å². The average Bonchev–Trinajstić information content (AvgIpc) is 3.31. The smallest absolute Gasteiger partial charge is 0.266 e. The van der Waals surface area contributed by atoms with E-state index in [2.05, 4.69) is 15.9 Å². The van der Waals surface area contributed by atoms with E-state index in [4.69, 9.17) is 9.57 Å². The number of hydrogen-bond donors (Lipinski definition) is 1. The number of nitrogens with zero attached hydrogens (tertiary/aromatic N) is 2. The lowest BCUT2D eigenvalue weighted by atomic mass is 9.90.